The van der Waals surface area contributed by atoms with E-state index in [2.05, 4.69) is 23.7 Å². The summed E-state index contributed by atoms with van der Waals surface area (Å²) < 4.78 is 7.53. The molecule has 0 spiro atoms. The topological polar surface area (TPSA) is 77.4 Å². The third kappa shape index (κ3) is 3.18. The Morgan fingerprint density at radius 2 is 1.95 bits per heavy atom. The van der Waals surface area contributed by atoms with Gasteiger partial charge in [-0.25, -0.2) is 0 Å². The Labute approximate surface area is 129 Å². The largest absolute Gasteiger partial charge is 0.495 e. The van der Waals surface area contributed by atoms with Crippen LogP contribution in [-0.4, -0.2) is 23.7 Å². The van der Waals surface area contributed by atoms with Crippen LogP contribution in [-0.2, 0) is 27.9 Å². The maximum absolute atomic E-state index is 11.4. The molecule has 1 aromatic carbocycles. The molecule has 0 saturated heterocycles. The lowest BCUT2D eigenvalue weighted by molar-refractivity contribution is -0.191. The number of nitrogens with one attached hydrogen (secondary N) is 1. The van der Waals surface area contributed by atoms with Crippen LogP contribution in [0.5, 0.6) is 5.75 Å². The summed E-state index contributed by atoms with van der Waals surface area (Å²) in [5.41, 5.74) is 4.35. The number of aromatic nitrogens is 1. The van der Waals surface area contributed by atoms with Gasteiger partial charge in [0.1, 0.15) is 5.75 Å². The second-order valence-electron chi connectivity index (χ2n) is 4.78. The number of hydrogen-bond donors (Lipinski definition) is 1. The van der Waals surface area contributed by atoms with Crippen LogP contribution in [0, 0.1) is 6.92 Å². The average Bonchev–Trinajstić information content (AvgIpc) is 2.72. The van der Waals surface area contributed by atoms with Crippen molar-refractivity contribution in [1.82, 2.24) is 4.57 Å². The summed E-state index contributed by atoms with van der Waals surface area (Å²) in [5.74, 6) is 0.609. The first kappa shape index (κ1) is 17.5. The Kier molecular flexibility index (Phi) is 5.90. The van der Waals surface area contributed by atoms with E-state index in [1.807, 2.05) is 19.2 Å². The van der Waals surface area contributed by atoms with Gasteiger partial charge < -0.3 is 14.6 Å². The van der Waals surface area contributed by atoms with Crippen molar-refractivity contribution in [2.45, 2.75) is 27.2 Å². The highest BCUT2D eigenvalue weighted by Gasteiger charge is 2.18. The Morgan fingerprint density at radius 1 is 1.36 bits per heavy atom. The number of fused-ring (bicyclic) bond motifs is 1. The first-order valence-corrected chi connectivity index (χ1v) is 6.84. The molecule has 2 rings (SSSR count). The zero-order valence-electron chi connectivity index (χ0n) is 13.4. The van der Waals surface area contributed by atoms with Crippen molar-refractivity contribution < 1.29 is 19.1 Å². The number of ether oxygens (including phenoxy) is 1. The Hall–Kier alpha value is -2.59. The first-order valence-electron chi connectivity index (χ1n) is 6.84. The molecule has 0 fully saturated rings. The van der Waals surface area contributed by atoms with E-state index in [1.54, 1.807) is 7.11 Å². The number of hydrogen-bond acceptors (Lipinski definition) is 4. The van der Waals surface area contributed by atoms with E-state index in [0.29, 0.717) is 5.75 Å². The summed E-state index contributed by atoms with van der Waals surface area (Å²) in [6, 6.07) is 3.93. The van der Waals surface area contributed by atoms with Gasteiger partial charge >= 0.3 is 6.15 Å². The average molecular weight is 304 g/mol. The molecular weight excluding hydrogens is 284 g/mol. The molecule has 1 amide bonds. The molecule has 1 N–H and O–H groups in total. The number of benzene rings is 1. The SMILES string of the molecule is CCc1c(C)n(C)c2ccc(OC)c(NC(C)=O)c12.O=C=O. The lowest BCUT2D eigenvalue weighted by atomic mass is 10.1. The summed E-state index contributed by atoms with van der Waals surface area (Å²) in [6.07, 6.45) is 1.17. The number of carbonyl (C=O) groups is 1. The van der Waals surface area contributed by atoms with Gasteiger partial charge in [-0.15, -0.1) is 0 Å². The second-order valence-corrected chi connectivity index (χ2v) is 4.78. The smallest absolute Gasteiger partial charge is 0.373 e. The van der Waals surface area contributed by atoms with Crippen molar-refractivity contribution in [3.05, 3.63) is 23.4 Å². The van der Waals surface area contributed by atoms with Gasteiger partial charge in [-0.3, -0.25) is 4.79 Å². The third-order valence-corrected chi connectivity index (χ3v) is 3.62. The van der Waals surface area contributed by atoms with E-state index >= 15 is 0 Å². The van der Waals surface area contributed by atoms with E-state index in [-0.39, 0.29) is 12.1 Å². The third-order valence-electron chi connectivity index (χ3n) is 3.62. The highest BCUT2D eigenvalue weighted by molar-refractivity contribution is 6.05. The van der Waals surface area contributed by atoms with Crippen LogP contribution in [0.4, 0.5) is 5.69 Å². The van der Waals surface area contributed by atoms with Gasteiger partial charge in [0, 0.05) is 25.1 Å². The molecule has 0 atom stereocenters. The molecule has 1 aromatic heterocycles. The summed E-state index contributed by atoms with van der Waals surface area (Å²) in [7, 11) is 3.66. The molecule has 6 nitrogen and oxygen atoms in total. The van der Waals surface area contributed by atoms with Crippen LogP contribution in [0.15, 0.2) is 12.1 Å². The van der Waals surface area contributed by atoms with Crippen molar-refractivity contribution in [2.24, 2.45) is 7.05 Å². The van der Waals surface area contributed by atoms with Crippen LogP contribution >= 0.6 is 0 Å². The van der Waals surface area contributed by atoms with E-state index < -0.39 is 0 Å². The van der Waals surface area contributed by atoms with Crippen molar-refractivity contribution >= 4 is 28.6 Å². The number of rotatable bonds is 3. The number of nitrogens with zero attached hydrogens (tertiary/aromatic N) is 1. The molecule has 0 aliphatic rings. The maximum atomic E-state index is 11.4. The fraction of sp³-hybridized carbons (Fsp3) is 0.375. The summed E-state index contributed by atoms with van der Waals surface area (Å²) in [4.78, 5) is 27.7. The summed E-state index contributed by atoms with van der Waals surface area (Å²) in [5, 5.41) is 3.99. The first-order chi connectivity index (χ1) is 10.4. The van der Waals surface area contributed by atoms with Gasteiger partial charge in [0.2, 0.25) is 5.91 Å². The fourth-order valence-corrected chi connectivity index (χ4v) is 2.62. The minimum Gasteiger partial charge on any atom is -0.495 e. The van der Waals surface area contributed by atoms with Gasteiger partial charge in [0.15, 0.2) is 0 Å². The molecule has 118 valence electrons. The molecule has 6 heteroatoms. The Balaban J connectivity index is 0.000000745. The van der Waals surface area contributed by atoms with Crippen molar-refractivity contribution in [1.29, 1.82) is 0 Å². The highest BCUT2D eigenvalue weighted by atomic mass is 16.5. The quantitative estimate of drug-likeness (QED) is 0.944. The summed E-state index contributed by atoms with van der Waals surface area (Å²) >= 11 is 0. The van der Waals surface area contributed by atoms with Crippen molar-refractivity contribution in [3.8, 4) is 5.75 Å². The van der Waals surface area contributed by atoms with Gasteiger partial charge in [-0.1, -0.05) is 6.92 Å². The zero-order valence-corrected chi connectivity index (χ0v) is 13.4. The number of methoxy groups -OCH3 is 1. The molecule has 1 heterocycles. The highest BCUT2D eigenvalue weighted by Crippen LogP contribution is 2.38. The monoisotopic (exact) mass is 304 g/mol. The number of aryl methyl sites for hydroxylation is 2. The van der Waals surface area contributed by atoms with Crippen LogP contribution in [0.1, 0.15) is 25.1 Å². The fourth-order valence-electron chi connectivity index (χ4n) is 2.62. The molecule has 0 unspecified atom stereocenters. The van der Waals surface area contributed by atoms with Crippen molar-refractivity contribution in [3.63, 3.8) is 0 Å². The predicted molar refractivity (Wildman–Crippen MR) is 82.9 cm³/mol. The predicted octanol–water partition coefficient (Wildman–Crippen LogP) is 2.43. The molecule has 2 aromatic rings. The van der Waals surface area contributed by atoms with E-state index in [9.17, 15) is 4.79 Å². The van der Waals surface area contributed by atoms with E-state index in [0.717, 1.165) is 23.0 Å². The van der Waals surface area contributed by atoms with Crippen LogP contribution < -0.4 is 10.1 Å². The molecular formula is C16H20N2O4. The number of amides is 1. The molecule has 0 aliphatic carbocycles. The standard InChI is InChI=1S/C15H20N2O2.CO2/c1-6-11-9(2)17(4)12-7-8-13(19-5)15(14(11)12)16-10(3)18;2-1-3/h7-8H,6H2,1-5H3,(H,16,18);. The Bertz CT molecular complexity index is 726. The zero-order chi connectivity index (χ0) is 16.9. The van der Waals surface area contributed by atoms with Gasteiger partial charge in [0.25, 0.3) is 0 Å². The molecule has 0 saturated carbocycles. The normalized spacial score (nSPS) is 9.68. The molecule has 0 bridgehead atoms. The minimum atomic E-state index is -0.0886. The molecule has 0 aliphatic heterocycles. The number of carbonyl (C=O) groups excluding carboxylic acids is 3. The molecule has 22 heavy (non-hydrogen) atoms. The minimum absolute atomic E-state index is 0.0886. The summed E-state index contributed by atoms with van der Waals surface area (Å²) in [6.45, 7) is 5.74. The van der Waals surface area contributed by atoms with Crippen LogP contribution in [0.3, 0.4) is 0 Å². The van der Waals surface area contributed by atoms with Crippen LogP contribution in [0.2, 0.25) is 0 Å². The van der Waals surface area contributed by atoms with Gasteiger partial charge in [-0.05, 0) is 31.0 Å². The second kappa shape index (κ2) is 7.43. The van der Waals surface area contributed by atoms with Gasteiger partial charge in [0.05, 0.1) is 18.3 Å². The lowest BCUT2D eigenvalue weighted by Gasteiger charge is -2.11. The lowest BCUT2D eigenvalue weighted by Crippen LogP contribution is -2.08. The van der Waals surface area contributed by atoms with Gasteiger partial charge in [-0.2, -0.15) is 9.59 Å². The number of anilines is 1. The molecule has 0 radical (unpaired) electrons. The van der Waals surface area contributed by atoms with Crippen LogP contribution in [0.25, 0.3) is 10.9 Å². The van der Waals surface area contributed by atoms with Crippen molar-refractivity contribution in [2.75, 3.05) is 12.4 Å². The van der Waals surface area contributed by atoms with E-state index in [1.165, 1.54) is 18.2 Å². The van der Waals surface area contributed by atoms with E-state index in [4.69, 9.17) is 14.3 Å². The maximum Gasteiger partial charge on any atom is 0.373 e. The Morgan fingerprint density at radius 3 is 2.41 bits per heavy atom.